The third-order valence-electron chi connectivity index (χ3n) is 3.69. The van der Waals surface area contributed by atoms with Crippen LogP contribution in [0.3, 0.4) is 0 Å². The molecule has 0 amide bonds. The molecule has 2 heterocycles. The molecule has 0 saturated carbocycles. The molecular formula is C17H20O2. The first kappa shape index (κ1) is 12.3. The van der Waals surface area contributed by atoms with Gasteiger partial charge in [-0.3, -0.25) is 0 Å². The summed E-state index contributed by atoms with van der Waals surface area (Å²) in [5.41, 5.74) is 4.48. The normalized spacial score (nSPS) is 12.7. The van der Waals surface area contributed by atoms with Gasteiger partial charge in [0.25, 0.3) is 0 Å². The standard InChI is InChI=1S/C17H20O2/c1-9-7-12-13-8-10(2)19-16(13)14(17(4,5)6)11(3)15(12)18-9/h7-8H,1-6H3. The predicted octanol–water partition coefficient (Wildman–Crippen LogP) is 5.40. The van der Waals surface area contributed by atoms with E-state index in [2.05, 4.69) is 39.8 Å². The second-order valence-electron chi connectivity index (χ2n) is 6.45. The lowest BCUT2D eigenvalue weighted by Gasteiger charge is -2.22. The minimum Gasteiger partial charge on any atom is -0.461 e. The fourth-order valence-corrected chi connectivity index (χ4v) is 3.08. The van der Waals surface area contributed by atoms with E-state index in [1.54, 1.807) is 0 Å². The second-order valence-corrected chi connectivity index (χ2v) is 6.45. The van der Waals surface area contributed by atoms with Gasteiger partial charge in [-0.15, -0.1) is 0 Å². The summed E-state index contributed by atoms with van der Waals surface area (Å²) < 4.78 is 11.9. The Kier molecular flexibility index (Phi) is 2.38. The number of aryl methyl sites for hydroxylation is 3. The summed E-state index contributed by atoms with van der Waals surface area (Å²) in [7, 11) is 0. The second kappa shape index (κ2) is 3.66. The Hall–Kier alpha value is -1.70. The van der Waals surface area contributed by atoms with Gasteiger partial charge in [0, 0.05) is 16.3 Å². The van der Waals surface area contributed by atoms with Crippen molar-refractivity contribution in [3.63, 3.8) is 0 Å². The van der Waals surface area contributed by atoms with Gasteiger partial charge in [0.05, 0.1) is 0 Å². The molecule has 0 spiro atoms. The molecule has 0 unspecified atom stereocenters. The Bertz CT molecular complexity index is 779. The van der Waals surface area contributed by atoms with Crippen molar-refractivity contribution in [3.05, 3.63) is 34.8 Å². The van der Waals surface area contributed by atoms with Gasteiger partial charge in [-0.1, -0.05) is 20.8 Å². The minimum atomic E-state index is 0.0293. The molecule has 2 aromatic heterocycles. The van der Waals surface area contributed by atoms with E-state index in [9.17, 15) is 0 Å². The summed E-state index contributed by atoms with van der Waals surface area (Å²) in [6, 6.07) is 4.22. The largest absolute Gasteiger partial charge is 0.461 e. The predicted molar refractivity (Wildman–Crippen MR) is 78.9 cm³/mol. The summed E-state index contributed by atoms with van der Waals surface area (Å²) in [5.74, 6) is 1.90. The molecule has 1 aromatic carbocycles. The maximum absolute atomic E-state index is 5.98. The van der Waals surface area contributed by atoms with Crippen LogP contribution in [-0.4, -0.2) is 0 Å². The van der Waals surface area contributed by atoms with Crippen LogP contribution >= 0.6 is 0 Å². The first-order chi connectivity index (χ1) is 8.79. The Labute approximate surface area is 113 Å². The molecule has 19 heavy (non-hydrogen) atoms. The van der Waals surface area contributed by atoms with Crippen molar-refractivity contribution in [2.45, 2.75) is 47.0 Å². The van der Waals surface area contributed by atoms with E-state index in [4.69, 9.17) is 8.83 Å². The molecule has 0 aliphatic heterocycles. The van der Waals surface area contributed by atoms with Crippen molar-refractivity contribution in [2.75, 3.05) is 0 Å². The van der Waals surface area contributed by atoms with E-state index >= 15 is 0 Å². The van der Waals surface area contributed by atoms with Crippen LogP contribution in [0.2, 0.25) is 0 Å². The molecule has 0 atom stereocenters. The molecule has 0 aliphatic carbocycles. The first-order valence-electron chi connectivity index (χ1n) is 6.72. The van der Waals surface area contributed by atoms with Crippen LogP contribution < -0.4 is 0 Å². The lowest BCUT2D eigenvalue weighted by atomic mass is 9.82. The molecule has 3 rings (SSSR count). The molecule has 100 valence electrons. The number of hydrogen-bond donors (Lipinski definition) is 0. The number of benzene rings is 1. The summed E-state index contributed by atoms with van der Waals surface area (Å²) in [6.07, 6.45) is 0. The first-order valence-corrected chi connectivity index (χ1v) is 6.72. The third-order valence-corrected chi connectivity index (χ3v) is 3.69. The number of hydrogen-bond acceptors (Lipinski definition) is 2. The number of furan rings is 2. The van der Waals surface area contributed by atoms with E-state index in [0.29, 0.717) is 0 Å². The Morgan fingerprint density at radius 1 is 0.789 bits per heavy atom. The van der Waals surface area contributed by atoms with Gasteiger partial charge in [0.15, 0.2) is 0 Å². The molecule has 2 heteroatoms. The van der Waals surface area contributed by atoms with Crippen molar-refractivity contribution in [2.24, 2.45) is 0 Å². The molecule has 0 N–H and O–H groups in total. The highest BCUT2D eigenvalue weighted by atomic mass is 16.3. The quantitative estimate of drug-likeness (QED) is 0.538. The smallest absolute Gasteiger partial charge is 0.139 e. The highest BCUT2D eigenvalue weighted by molar-refractivity contribution is 6.07. The van der Waals surface area contributed by atoms with Crippen molar-refractivity contribution in [1.82, 2.24) is 0 Å². The van der Waals surface area contributed by atoms with Gasteiger partial charge in [-0.25, -0.2) is 0 Å². The van der Waals surface area contributed by atoms with Crippen molar-refractivity contribution < 1.29 is 8.83 Å². The van der Waals surface area contributed by atoms with E-state index in [1.807, 2.05) is 13.8 Å². The molecular weight excluding hydrogens is 236 g/mol. The molecule has 3 aromatic rings. The van der Waals surface area contributed by atoms with E-state index in [1.165, 1.54) is 16.5 Å². The maximum Gasteiger partial charge on any atom is 0.139 e. The van der Waals surface area contributed by atoms with Crippen LogP contribution in [0.25, 0.3) is 21.9 Å². The molecule has 0 radical (unpaired) electrons. The fourth-order valence-electron chi connectivity index (χ4n) is 3.08. The summed E-state index contributed by atoms with van der Waals surface area (Å²) in [5, 5.41) is 2.33. The molecule has 0 bridgehead atoms. The zero-order valence-electron chi connectivity index (χ0n) is 12.5. The lowest BCUT2D eigenvalue weighted by molar-refractivity contribution is 0.535. The van der Waals surface area contributed by atoms with Gasteiger partial charge < -0.3 is 8.83 Å². The van der Waals surface area contributed by atoms with Crippen molar-refractivity contribution >= 4 is 21.9 Å². The van der Waals surface area contributed by atoms with Gasteiger partial charge in [-0.2, -0.15) is 0 Å². The average Bonchev–Trinajstić information content (AvgIpc) is 2.79. The zero-order valence-corrected chi connectivity index (χ0v) is 12.5. The lowest BCUT2D eigenvalue weighted by Crippen LogP contribution is -2.13. The SMILES string of the molecule is Cc1cc2c(o1)c(C)c(C(C)(C)C)c1oc(C)cc12. The third kappa shape index (κ3) is 1.70. The van der Waals surface area contributed by atoms with Crippen LogP contribution in [-0.2, 0) is 5.41 Å². The van der Waals surface area contributed by atoms with Crippen molar-refractivity contribution in [1.29, 1.82) is 0 Å². The van der Waals surface area contributed by atoms with Gasteiger partial charge >= 0.3 is 0 Å². The maximum atomic E-state index is 5.98. The van der Waals surface area contributed by atoms with Crippen LogP contribution in [0.15, 0.2) is 21.0 Å². The van der Waals surface area contributed by atoms with E-state index < -0.39 is 0 Å². The topological polar surface area (TPSA) is 26.3 Å². The Balaban J connectivity index is 2.61. The zero-order chi connectivity index (χ0) is 13.9. The summed E-state index contributed by atoms with van der Waals surface area (Å²) in [6.45, 7) is 12.8. The van der Waals surface area contributed by atoms with Gasteiger partial charge in [0.1, 0.15) is 22.7 Å². The fraction of sp³-hybridized carbons (Fsp3) is 0.412. The highest BCUT2D eigenvalue weighted by Gasteiger charge is 2.26. The molecule has 0 saturated heterocycles. The van der Waals surface area contributed by atoms with E-state index in [-0.39, 0.29) is 5.41 Å². The van der Waals surface area contributed by atoms with Crippen LogP contribution in [0.4, 0.5) is 0 Å². The van der Waals surface area contributed by atoms with E-state index in [0.717, 1.165) is 28.1 Å². The molecule has 2 nitrogen and oxygen atoms in total. The Morgan fingerprint density at radius 2 is 1.26 bits per heavy atom. The summed E-state index contributed by atoms with van der Waals surface area (Å²) >= 11 is 0. The van der Waals surface area contributed by atoms with Crippen LogP contribution in [0.1, 0.15) is 43.4 Å². The van der Waals surface area contributed by atoms with Gasteiger partial charge in [0.2, 0.25) is 0 Å². The van der Waals surface area contributed by atoms with Gasteiger partial charge in [-0.05, 0) is 43.9 Å². The monoisotopic (exact) mass is 256 g/mol. The Morgan fingerprint density at radius 3 is 1.79 bits per heavy atom. The van der Waals surface area contributed by atoms with Crippen molar-refractivity contribution in [3.8, 4) is 0 Å². The number of fused-ring (bicyclic) bond motifs is 3. The summed E-state index contributed by atoms with van der Waals surface area (Å²) in [4.78, 5) is 0. The minimum absolute atomic E-state index is 0.0293. The highest BCUT2D eigenvalue weighted by Crippen LogP contribution is 2.41. The van der Waals surface area contributed by atoms with Crippen LogP contribution in [0.5, 0.6) is 0 Å². The average molecular weight is 256 g/mol. The van der Waals surface area contributed by atoms with Crippen LogP contribution in [0, 0.1) is 20.8 Å². The molecule has 0 fully saturated rings. The molecule has 0 aliphatic rings. The number of rotatable bonds is 0.